The summed E-state index contributed by atoms with van der Waals surface area (Å²) < 4.78 is 5.52. The van der Waals surface area contributed by atoms with E-state index in [0.717, 1.165) is 16.3 Å². The first-order chi connectivity index (χ1) is 12.6. The summed E-state index contributed by atoms with van der Waals surface area (Å²) in [5.74, 6) is 0.290. The van der Waals surface area contributed by atoms with E-state index < -0.39 is 6.10 Å². The third-order valence-corrected chi connectivity index (χ3v) is 4.43. The normalized spacial score (nSPS) is 15.7. The highest BCUT2D eigenvalue weighted by molar-refractivity contribution is 6.00. The Morgan fingerprint density at radius 1 is 1.12 bits per heavy atom. The van der Waals surface area contributed by atoms with Crippen molar-refractivity contribution in [1.82, 2.24) is 0 Å². The second kappa shape index (κ2) is 6.52. The number of hydrogen-bond donors (Lipinski definition) is 2. The highest BCUT2D eigenvalue weighted by atomic mass is 16.5. The minimum Gasteiger partial charge on any atom is -0.479 e. The molecule has 26 heavy (non-hydrogen) atoms. The number of carbonyl (C=O) groups excluding carboxylic acids is 2. The topological polar surface area (TPSA) is 67.4 Å². The molecule has 0 bridgehead atoms. The molecule has 1 heterocycles. The van der Waals surface area contributed by atoms with E-state index in [1.807, 2.05) is 42.5 Å². The zero-order valence-electron chi connectivity index (χ0n) is 14.3. The van der Waals surface area contributed by atoms with Gasteiger partial charge in [0.05, 0.1) is 12.1 Å². The van der Waals surface area contributed by atoms with Gasteiger partial charge in [-0.05, 0) is 41.5 Å². The zero-order chi connectivity index (χ0) is 18.1. The van der Waals surface area contributed by atoms with Crippen molar-refractivity contribution in [2.45, 2.75) is 19.4 Å². The van der Waals surface area contributed by atoms with Crippen LogP contribution in [0.5, 0.6) is 5.75 Å². The Morgan fingerprint density at radius 3 is 2.81 bits per heavy atom. The maximum absolute atomic E-state index is 12.5. The van der Waals surface area contributed by atoms with Gasteiger partial charge in [-0.1, -0.05) is 42.5 Å². The molecule has 4 rings (SSSR count). The van der Waals surface area contributed by atoms with Gasteiger partial charge in [-0.3, -0.25) is 9.59 Å². The molecule has 0 aliphatic carbocycles. The number of fused-ring (bicyclic) bond motifs is 2. The van der Waals surface area contributed by atoms with Gasteiger partial charge in [0.15, 0.2) is 6.10 Å². The fourth-order valence-corrected chi connectivity index (χ4v) is 3.11. The fraction of sp³-hybridized carbons (Fsp3) is 0.143. The average molecular weight is 346 g/mol. The smallest absolute Gasteiger partial charge is 0.265 e. The number of ether oxygens (including phenoxy) is 1. The van der Waals surface area contributed by atoms with Crippen molar-refractivity contribution in [1.29, 1.82) is 0 Å². The molecule has 1 atom stereocenters. The molecule has 0 saturated heterocycles. The Balaban J connectivity index is 1.52. The van der Waals surface area contributed by atoms with Crippen LogP contribution in [0.3, 0.4) is 0 Å². The monoisotopic (exact) mass is 346 g/mol. The van der Waals surface area contributed by atoms with Crippen LogP contribution in [0, 0.1) is 0 Å². The molecule has 0 spiro atoms. The standard InChI is InChI=1S/C21H18N2O3/c1-13-21(25)23-18-12-16(9-10-19(18)26-13)22-20(24)11-15-7-4-6-14-5-2-3-8-17(14)15/h2-10,12-13H,11H2,1H3,(H,22,24)(H,23,25). The Kier molecular flexibility index (Phi) is 4.05. The lowest BCUT2D eigenvalue weighted by atomic mass is 10.0. The van der Waals surface area contributed by atoms with Crippen molar-refractivity contribution in [3.63, 3.8) is 0 Å². The van der Waals surface area contributed by atoms with Crippen molar-refractivity contribution in [3.05, 3.63) is 66.2 Å². The molecule has 5 heteroatoms. The van der Waals surface area contributed by atoms with Crippen LogP contribution in [0.25, 0.3) is 10.8 Å². The van der Waals surface area contributed by atoms with Crippen LogP contribution in [0.4, 0.5) is 11.4 Å². The highest BCUT2D eigenvalue weighted by Gasteiger charge is 2.23. The number of rotatable bonds is 3. The first-order valence-electron chi connectivity index (χ1n) is 8.48. The number of anilines is 2. The van der Waals surface area contributed by atoms with Gasteiger partial charge < -0.3 is 15.4 Å². The molecule has 0 radical (unpaired) electrons. The third-order valence-electron chi connectivity index (χ3n) is 4.43. The van der Waals surface area contributed by atoms with E-state index in [0.29, 0.717) is 17.1 Å². The van der Waals surface area contributed by atoms with Crippen LogP contribution in [-0.2, 0) is 16.0 Å². The number of nitrogens with one attached hydrogen (secondary N) is 2. The summed E-state index contributed by atoms with van der Waals surface area (Å²) in [4.78, 5) is 24.2. The van der Waals surface area contributed by atoms with Crippen molar-refractivity contribution in [2.24, 2.45) is 0 Å². The molecule has 1 aliphatic heterocycles. The lowest BCUT2D eigenvalue weighted by Gasteiger charge is -2.23. The van der Waals surface area contributed by atoms with Gasteiger partial charge in [0.25, 0.3) is 5.91 Å². The van der Waals surface area contributed by atoms with Gasteiger partial charge in [0.1, 0.15) is 5.75 Å². The average Bonchev–Trinajstić information content (AvgIpc) is 2.63. The predicted octanol–water partition coefficient (Wildman–Crippen LogP) is 3.74. The van der Waals surface area contributed by atoms with Crippen LogP contribution < -0.4 is 15.4 Å². The molecule has 0 fully saturated rings. The molecule has 5 nitrogen and oxygen atoms in total. The van der Waals surface area contributed by atoms with Crippen LogP contribution in [-0.4, -0.2) is 17.9 Å². The summed E-state index contributed by atoms with van der Waals surface area (Å²) in [6.07, 6.45) is -0.243. The van der Waals surface area contributed by atoms with E-state index >= 15 is 0 Å². The van der Waals surface area contributed by atoms with E-state index in [2.05, 4.69) is 10.6 Å². The van der Waals surface area contributed by atoms with Gasteiger partial charge in [-0.15, -0.1) is 0 Å². The van der Waals surface area contributed by atoms with E-state index in [4.69, 9.17) is 4.74 Å². The number of hydrogen-bond acceptors (Lipinski definition) is 3. The number of carbonyl (C=O) groups is 2. The van der Waals surface area contributed by atoms with Crippen molar-refractivity contribution >= 4 is 34.0 Å². The molecule has 130 valence electrons. The van der Waals surface area contributed by atoms with E-state index in [-0.39, 0.29) is 18.2 Å². The van der Waals surface area contributed by atoms with Gasteiger partial charge >= 0.3 is 0 Å². The summed E-state index contributed by atoms with van der Waals surface area (Å²) in [6, 6.07) is 19.2. The van der Waals surface area contributed by atoms with Crippen molar-refractivity contribution in [3.8, 4) is 5.75 Å². The molecular formula is C21H18N2O3. The predicted molar refractivity (Wildman–Crippen MR) is 101 cm³/mol. The lowest BCUT2D eigenvalue weighted by molar-refractivity contribution is -0.122. The fourth-order valence-electron chi connectivity index (χ4n) is 3.11. The van der Waals surface area contributed by atoms with Gasteiger partial charge in [0, 0.05) is 5.69 Å². The number of amides is 2. The van der Waals surface area contributed by atoms with Crippen molar-refractivity contribution < 1.29 is 14.3 Å². The van der Waals surface area contributed by atoms with Gasteiger partial charge in [-0.2, -0.15) is 0 Å². The van der Waals surface area contributed by atoms with Crippen LogP contribution in [0.2, 0.25) is 0 Å². The lowest BCUT2D eigenvalue weighted by Crippen LogP contribution is -2.34. The molecule has 1 aliphatic rings. The molecular weight excluding hydrogens is 328 g/mol. The second-order valence-corrected chi connectivity index (χ2v) is 6.32. The number of benzene rings is 3. The van der Waals surface area contributed by atoms with E-state index in [1.54, 1.807) is 25.1 Å². The molecule has 3 aromatic carbocycles. The quantitative estimate of drug-likeness (QED) is 0.759. The Labute approximate surface area is 151 Å². The van der Waals surface area contributed by atoms with E-state index in [1.165, 1.54) is 0 Å². The SMILES string of the molecule is CC1Oc2ccc(NC(=O)Cc3cccc4ccccc34)cc2NC1=O. The zero-order valence-corrected chi connectivity index (χ0v) is 14.3. The van der Waals surface area contributed by atoms with Crippen molar-refractivity contribution in [2.75, 3.05) is 10.6 Å². The summed E-state index contributed by atoms with van der Waals surface area (Å²) >= 11 is 0. The Bertz CT molecular complexity index is 1010. The van der Waals surface area contributed by atoms with Crippen LogP contribution in [0.1, 0.15) is 12.5 Å². The Morgan fingerprint density at radius 2 is 1.92 bits per heavy atom. The van der Waals surface area contributed by atoms with E-state index in [9.17, 15) is 9.59 Å². The molecule has 0 saturated carbocycles. The Hall–Kier alpha value is -3.34. The van der Waals surface area contributed by atoms with Crippen LogP contribution in [0.15, 0.2) is 60.7 Å². The maximum Gasteiger partial charge on any atom is 0.265 e. The van der Waals surface area contributed by atoms with Gasteiger partial charge in [0.2, 0.25) is 5.91 Å². The summed E-state index contributed by atoms with van der Waals surface area (Å²) in [7, 11) is 0. The summed E-state index contributed by atoms with van der Waals surface area (Å²) in [6.45, 7) is 1.69. The molecule has 2 amide bonds. The summed E-state index contributed by atoms with van der Waals surface area (Å²) in [5.41, 5.74) is 2.16. The van der Waals surface area contributed by atoms with Gasteiger partial charge in [-0.25, -0.2) is 0 Å². The van der Waals surface area contributed by atoms with Crippen LogP contribution >= 0.6 is 0 Å². The molecule has 1 unspecified atom stereocenters. The highest BCUT2D eigenvalue weighted by Crippen LogP contribution is 2.32. The molecule has 2 N–H and O–H groups in total. The minimum atomic E-state index is -0.519. The molecule has 3 aromatic rings. The minimum absolute atomic E-state index is 0.113. The third kappa shape index (κ3) is 3.11. The first kappa shape index (κ1) is 16.1. The summed E-state index contributed by atoms with van der Waals surface area (Å²) in [5, 5.41) is 7.85. The first-order valence-corrected chi connectivity index (χ1v) is 8.48. The molecule has 0 aromatic heterocycles. The maximum atomic E-state index is 12.5. The largest absolute Gasteiger partial charge is 0.479 e. The second-order valence-electron chi connectivity index (χ2n) is 6.32.